The Balaban J connectivity index is 1.33. The molecule has 178 valence electrons. The quantitative estimate of drug-likeness (QED) is 0.564. The van der Waals surface area contributed by atoms with Crippen molar-refractivity contribution in [3.63, 3.8) is 0 Å². The van der Waals surface area contributed by atoms with Crippen molar-refractivity contribution in [3.8, 4) is 17.1 Å². The van der Waals surface area contributed by atoms with Crippen molar-refractivity contribution in [1.29, 1.82) is 0 Å². The van der Waals surface area contributed by atoms with Crippen molar-refractivity contribution in [2.75, 3.05) is 37.6 Å². The molecule has 4 heterocycles. The predicted octanol–water partition coefficient (Wildman–Crippen LogP) is 2.82. The number of imidazole rings is 1. The topological polar surface area (TPSA) is 84.3 Å². The first-order valence-corrected chi connectivity index (χ1v) is 12.5. The Hall–Kier alpha value is -3.13. The molecule has 3 aromatic rings. The molecule has 2 atom stereocenters. The smallest absolute Gasteiger partial charge is 0.241 e. The van der Waals surface area contributed by atoms with Crippen LogP contribution in [0.3, 0.4) is 0 Å². The molecule has 34 heavy (non-hydrogen) atoms. The van der Waals surface area contributed by atoms with Gasteiger partial charge in [0.05, 0.1) is 17.5 Å². The summed E-state index contributed by atoms with van der Waals surface area (Å²) in [7, 11) is 0. The van der Waals surface area contributed by atoms with Crippen LogP contribution >= 0.6 is 0 Å². The number of benzene rings is 1. The summed E-state index contributed by atoms with van der Waals surface area (Å²) < 4.78 is 8.65. The lowest BCUT2D eigenvalue weighted by Crippen LogP contribution is -2.43. The van der Waals surface area contributed by atoms with Gasteiger partial charge in [0.2, 0.25) is 11.8 Å². The predicted molar refractivity (Wildman–Crippen MR) is 132 cm³/mol. The maximum absolute atomic E-state index is 11.7. The van der Waals surface area contributed by atoms with Crippen molar-refractivity contribution in [3.05, 3.63) is 36.7 Å². The van der Waals surface area contributed by atoms with Crippen LogP contribution in [0.5, 0.6) is 5.88 Å². The second-order valence-electron chi connectivity index (χ2n) is 9.90. The van der Waals surface area contributed by atoms with Crippen LogP contribution in [-0.4, -0.2) is 59.3 Å². The fourth-order valence-corrected chi connectivity index (χ4v) is 5.00. The van der Waals surface area contributed by atoms with Gasteiger partial charge in [-0.05, 0) is 43.9 Å². The normalized spacial score (nSPS) is 21.6. The Morgan fingerprint density at radius 2 is 1.97 bits per heavy atom. The first kappa shape index (κ1) is 21.4. The van der Waals surface area contributed by atoms with Gasteiger partial charge in [-0.1, -0.05) is 12.1 Å². The number of nitrogens with one attached hydrogen (secondary N) is 2. The fourth-order valence-electron chi connectivity index (χ4n) is 5.00. The molecular formula is C26H32N6O2. The summed E-state index contributed by atoms with van der Waals surface area (Å²) in [6.07, 6.45) is 4.84. The molecule has 1 aromatic carbocycles. The van der Waals surface area contributed by atoms with Crippen LogP contribution in [0.1, 0.15) is 26.2 Å². The Labute approximate surface area is 199 Å². The highest BCUT2D eigenvalue weighted by Crippen LogP contribution is 2.35. The van der Waals surface area contributed by atoms with Crippen molar-refractivity contribution in [2.24, 2.45) is 11.8 Å². The first-order valence-electron chi connectivity index (χ1n) is 12.5. The van der Waals surface area contributed by atoms with Crippen molar-refractivity contribution >= 4 is 22.6 Å². The number of hydrogen-bond acceptors (Lipinski definition) is 6. The molecule has 2 aliphatic heterocycles. The van der Waals surface area contributed by atoms with E-state index < -0.39 is 0 Å². The molecule has 0 unspecified atom stereocenters. The molecule has 0 spiro atoms. The van der Waals surface area contributed by atoms with E-state index in [0.717, 1.165) is 60.9 Å². The molecule has 2 N–H and O–H groups in total. The van der Waals surface area contributed by atoms with E-state index in [4.69, 9.17) is 14.7 Å². The summed E-state index contributed by atoms with van der Waals surface area (Å²) >= 11 is 0. The van der Waals surface area contributed by atoms with E-state index in [1.165, 1.54) is 18.5 Å². The van der Waals surface area contributed by atoms with Crippen LogP contribution in [0, 0.1) is 11.8 Å². The maximum Gasteiger partial charge on any atom is 0.241 e. The number of anilines is 1. The standard InChI is InChI=1S/C26H32N6O2/c1-17(20-12-24(33)28-14-20)34-26-25-23(29-16-32(25)15-18-2-3-18)13-22(30-26)19-4-6-21(7-5-19)31-10-8-27-9-11-31/h4-7,13,16-18,20,27H,2-3,8-12,14-15H2,1H3,(H,28,33)/t17-,20-/m1/s1. The summed E-state index contributed by atoms with van der Waals surface area (Å²) in [5.74, 6) is 1.57. The minimum atomic E-state index is -0.121. The van der Waals surface area contributed by atoms with Gasteiger partial charge in [0.15, 0.2) is 0 Å². The van der Waals surface area contributed by atoms with Crippen molar-refractivity contribution in [2.45, 2.75) is 38.8 Å². The number of amides is 1. The highest BCUT2D eigenvalue weighted by Gasteiger charge is 2.30. The van der Waals surface area contributed by atoms with Crippen LogP contribution in [0.25, 0.3) is 22.3 Å². The molecule has 8 heteroatoms. The number of aromatic nitrogens is 3. The maximum atomic E-state index is 11.7. The van der Waals surface area contributed by atoms with Crippen LogP contribution in [0.4, 0.5) is 5.69 Å². The molecule has 2 saturated heterocycles. The molecule has 1 aliphatic carbocycles. The third-order valence-electron chi connectivity index (χ3n) is 7.33. The minimum Gasteiger partial charge on any atom is -0.473 e. The number of fused-ring (bicyclic) bond motifs is 1. The Morgan fingerprint density at radius 1 is 1.18 bits per heavy atom. The summed E-state index contributed by atoms with van der Waals surface area (Å²) in [5, 5.41) is 6.32. The summed E-state index contributed by atoms with van der Waals surface area (Å²) in [6.45, 7) is 7.72. The van der Waals surface area contributed by atoms with Crippen molar-refractivity contribution in [1.82, 2.24) is 25.2 Å². The van der Waals surface area contributed by atoms with Crippen LogP contribution in [0.15, 0.2) is 36.7 Å². The molecule has 2 aromatic heterocycles. The van der Waals surface area contributed by atoms with E-state index in [9.17, 15) is 4.79 Å². The van der Waals surface area contributed by atoms with E-state index in [0.29, 0.717) is 18.8 Å². The molecule has 6 rings (SSSR count). The largest absolute Gasteiger partial charge is 0.473 e. The molecule has 1 saturated carbocycles. The number of rotatable bonds is 7. The Kier molecular flexibility index (Phi) is 5.61. The fraction of sp³-hybridized carbons (Fsp3) is 0.500. The second-order valence-corrected chi connectivity index (χ2v) is 9.90. The zero-order chi connectivity index (χ0) is 23.1. The molecule has 0 bridgehead atoms. The third kappa shape index (κ3) is 4.34. The van der Waals surface area contributed by atoms with Gasteiger partial charge in [-0.15, -0.1) is 0 Å². The SMILES string of the molecule is C[C@@H](Oc1nc(-c2ccc(N3CCNCC3)cc2)cc2ncn(CC3CC3)c12)[C@H]1CNC(=O)C1. The Morgan fingerprint density at radius 3 is 2.68 bits per heavy atom. The number of carbonyl (C=O) groups is 1. The van der Waals surface area contributed by atoms with Crippen LogP contribution in [0.2, 0.25) is 0 Å². The van der Waals surface area contributed by atoms with Gasteiger partial charge in [-0.25, -0.2) is 9.97 Å². The van der Waals surface area contributed by atoms with Gasteiger partial charge >= 0.3 is 0 Å². The van der Waals surface area contributed by atoms with E-state index in [-0.39, 0.29) is 17.9 Å². The number of ether oxygens (including phenoxy) is 1. The first-order chi connectivity index (χ1) is 16.6. The molecule has 0 radical (unpaired) electrons. The molecule has 3 aliphatic rings. The highest BCUT2D eigenvalue weighted by molar-refractivity contribution is 5.85. The van der Waals surface area contributed by atoms with E-state index >= 15 is 0 Å². The van der Waals surface area contributed by atoms with E-state index in [2.05, 4.69) is 50.4 Å². The number of pyridine rings is 1. The zero-order valence-corrected chi connectivity index (χ0v) is 19.7. The second kappa shape index (κ2) is 8.91. The average molecular weight is 461 g/mol. The van der Waals surface area contributed by atoms with Gasteiger partial charge in [-0.3, -0.25) is 4.79 Å². The lowest BCUT2D eigenvalue weighted by Gasteiger charge is -2.29. The Bertz CT molecular complexity index is 1180. The monoisotopic (exact) mass is 460 g/mol. The molecular weight excluding hydrogens is 428 g/mol. The summed E-state index contributed by atoms with van der Waals surface area (Å²) in [6, 6.07) is 10.7. The highest BCUT2D eigenvalue weighted by atomic mass is 16.5. The van der Waals surface area contributed by atoms with E-state index in [1.807, 2.05) is 13.3 Å². The lowest BCUT2D eigenvalue weighted by molar-refractivity contribution is -0.119. The van der Waals surface area contributed by atoms with Gasteiger partial charge in [-0.2, -0.15) is 0 Å². The summed E-state index contributed by atoms with van der Waals surface area (Å²) in [4.78, 5) is 23.9. The molecule has 8 nitrogen and oxygen atoms in total. The molecule has 1 amide bonds. The van der Waals surface area contributed by atoms with Gasteiger partial charge in [0.25, 0.3) is 0 Å². The number of carbonyl (C=O) groups excluding carboxylic acids is 1. The average Bonchev–Trinajstić information content (AvgIpc) is 3.42. The van der Waals surface area contributed by atoms with Crippen LogP contribution in [-0.2, 0) is 11.3 Å². The van der Waals surface area contributed by atoms with Gasteiger partial charge < -0.3 is 24.8 Å². The van der Waals surface area contributed by atoms with Crippen LogP contribution < -0.4 is 20.3 Å². The number of hydrogen-bond donors (Lipinski definition) is 2. The summed E-state index contributed by atoms with van der Waals surface area (Å²) in [5.41, 5.74) is 5.01. The lowest BCUT2D eigenvalue weighted by atomic mass is 10.0. The van der Waals surface area contributed by atoms with Crippen molar-refractivity contribution < 1.29 is 9.53 Å². The van der Waals surface area contributed by atoms with E-state index in [1.54, 1.807) is 0 Å². The number of piperazine rings is 1. The third-order valence-corrected chi connectivity index (χ3v) is 7.33. The van der Waals surface area contributed by atoms with Gasteiger partial charge in [0.1, 0.15) is 11.6 Å². The van der Waals surface area contributed by atoms with Gasteiger partial charge in [0, 0.05) is 62.9 Å². The zero-order valence-electron chi connectivity index (χ0n) is 19.7. The number of nitrogens with zero attached hydrogens (tertiary/aromatic N) is 4. The molecule has 3 fully saturated rings. The minimum absolute atomic E-state index is 0.0932.